The summed E-state index contributed by atoms with van der Waals surface area (Å²) in [4.78, 5) is 0. The van der Waals surface area contributed by atoms with E-state index in [1.807, 2.05) is 5.10 Å². The van der Waals surface area contributed by atoms with Crippen molar-refractivity contribution >= 4 is 18.9 Å². The molecule has 0 aliphatic rings. The summed E-state index contributed by atoms with van der Waals surface area (Å²) in [6.07, 6.45) is -4.57. The van der Waals surface area contributed by atoms with Gasteiger partial charge in [-0.15, -0.1) is 5.10 Å². The zero-order valence-corrected chi connectivity index (χ0v) is 6.41. The van der Waals surface area contributed by atoms with Gasteiger partial charge in [0.15, 0.2) is 0 Å². The molecule has 0 unspecified atom stereocenters. The SMILES string of the molecule is C=Nn1c(C(F)(F)F)n[nH]c1=S. The highest BCUT2D eigenvalue weighted by molar-refractivity contribution is 7.71. The van der Waals surface area contributed by atoms with E-state index in [1.165, 1.54) is 0 Å². The predicted octanol–water partition coefficient (Wildman–Crippen LogP) is 1.42. The number of hydrogen-bond donors (Lipinski definition) is 1. The summed E-state index contributed by atoms with van der Waals surface area (Å²) in [6, 6.07) is 0. The van der Waals surface area contributed by atoms with E-state index in [0.29, 0.717) is 4.68 Å². The van der Waals surface area contributed by atoms with Gasteiger partial charge in [-0.3, -0.25) is 0 Å². The van der Waals surface area contributed by atoms with Crippen molar-refractivity contribution < 1.29 is 13.2 Å². The monoisotopic (exact) mass is 196 g/mol. The molecule has 12 heavy (non-hydrogen) atoms. The quantitative estimate of drug-likeness (QED) is 0.545. The Balaban J connectivity index is 3.35. The molecule has 1 aromatic heterocycles. The summed E-state index contributed by atoms with van der Waals surface area (Å²) in [5.41, 5.74) is 0. The molecule has 0 aliphatic heterocycles. The van der Waals surface area contributed by atoms with E-state index in [4.69, 9.17) is 0 Å². The molecule has 0 aliphatic carbocycles. The van der Waals surface area contributed by atoms with Gasteiger partial charge in [-0.25, -0.2) is 5.10 Å². The Morgan fingerprint density at radius 3 is 2.50 bits per heavy atom. The van der Waals surface area contributed by atoms with E-state index in [1.54, 1.807) is 0 Å². The number of aromatic amines is 1. The van der Waals surface area contributed by atoms with Crippen molar-refractivity contribution in [2.45, 2.75) is 6.18 Å². The van der Waals surface area contributed by atoms with Crippen molar-refractivity contribution in [1.29, 1.82) is 0 Å². The average molecular weight is 196 g/mol. The highest BCUT2D eigenvalue weighted by Crippen LogP contribution is 2.27. The van der Waals surface area contributed by atoms with Crippen molar-refractivity contribution in [2.24, 2.45) is 5.10 Å². The van der Waals surface area contributed by atoms with E-state index in [-0.39, 0.29) is 4.77 Å². The van der Waals surface area contributed by atoms with Gasteiger partial charge in [0.05, 0.1) is 0 Å². The molecule has 1 N–H and O–H groups in total. The second-order valence-electron chi connectivity index (χ2n) is 1.80. The van der Waals surface area contributed by atoms with Gasteiger partial charge in [0.2, 0.25) is 4.77 Å². The van der Waals surface area contributed by atoms with Crippen LogP contribution >= 0.6 is 12.2 Å². The number of H-pyrrole nitrogens is 1. The molecular formula is C4H3F3N4S. The number of aromatic nitrogens is 3. The molecule has 66 valence electrons. The first-order valence-electron chi connectivity index (χ1n) is 2.68. The predicted molar refractivity (Wildman–Crippen MR) is 37.4 cm³/mol. The number of halogens is 3. The normalized spacial score (nSPS) is 11.6. The molecule has 0 bridgehead atoms. The van der Waals surface area contributed by atoms with Gasteiger partial charge in [0.1, 0.15) is 0 Å². The Labute approximate surface area is 69.7 Å². The zero-order valence-electron chi connectivity index (χ0n) is 5.59. The molecule has 8 heteroatoms. The molecule has 0 saturated carbocycles. The Morgan fingerprint density at radius 1 is 1.58 bits per heavy atom. The van der Waals surface area contributed by atoms with Crippen LogP contribution in [0.5, 0.6) is 0 Å². The molecule has 0 radical (unpaired) electrons. The molecule has 0 amide bonds. The Hall–Kier alpha value is -1.18. The maximum absolute atomic E-state index is 12.0. The van der Waals surface area contributed by atoms with Gasteiger partial charge in [-0.2, -0.15) is 22.9 Å². The van der Waals surface area contributed by atoms with Crippen molar-refractivity contribution in [2.75, 3.05) is 0 Å². The fraction of sp³-hybridized carbons (Fsp3) is 0.250. The summed E-state index contributed by atoms with van der Waals surface area (Å²) in [5, 5.41) is 7.95. The second kappa shape index (κ2) is 2.70. The topological polar surface area (TPSA) is 46.0 Å². The third kappa shape index (κ3) is 1.37. The minimum Gasteiger partial charge on any atom is -0.250 e. The minimum atomic E-state index is -4.57. The lowest BCUT2D eigenvalue weighted by Crippen LogP contribution is -2.12. The van der Waals surface area contributed by atoms with Crippen LogP contribution < -0.4 is 0 Å². The Morgan fingerprint density at radius 2 is 2.17 bits per heavy atom. The summed E-state index contributed by atoms with van der Waals surface area (Å²) in [7, 11) is 0. The van der Waals surface area contributed by atoms with E-state index in [9.17, 15) is 13.2 Å². The molecule has 1 rings (SSSR count). The van der Waals surface area contributed by atoms with E-state index in [0.717, 1.165) is 0 Å². The maximum Gasteiger partial charge on any atom is 0.453 e. The number of alkyl halides is 3. The second-order valence-corrected chi connectivity index (χ2v) is 2.19. The number of rotatable bonds is 1. The Kier molecular flexibility index (Phi) is 2.01. The molecular weight excluding hydrogens is 193 g/mol. The Bertz CT molecular complexity index is 348. The first-order chi connectivity index (χ1) is 5.46. The van der Waals surface area contributed by atoms with Crippen LogP contribution in [0, 0.1) is 4.77 Å². The van der Waals surface area contributed by atoms with Crippen LogP contribution in [-0.4, -0.2) is 21.6 Å². The van der Waals surface area contributed by atoms with Crippen LogP contribution in [0.3, 0.4) is 0 Å². The molecule has 0 atom stereocenters. The van der Waals surface area contributed by atoms with E-state index in [2.05, 4.69) is 29.1 Å². The van der Waals surface area contributed by atoms with E-state index >= 15 is 0 Å². The molecule has 1 aromatic rings. The van der Waals surface area contributed by atoms with Crippen LogP contribution in [0.15, 0.2) is 5.10 Å². The summed E-state index contributed by atoms with van der Waals surface area (Å²) < 4.78 is 36.2. The number of nitrogens with zero attached hydrogens (tertiary/aromatic N) is 3. The van der Waals surface area contributed by atoms with Crippen LogP contribution in [0.1, 0.15) is 5.82 Å². The first kappa shape index (κ1) is 8.91. The minimum absolute atomic E-state index is 0.239. The van der Waals surface area contributed by atoms with Gasteiger partial charge >= 0.3 is 6.18 Å². The van der Waals surface area contributed by atoms with Gasteiger partial charge < -0.3 is 0 Å². The van der Waals surface area contributed by atoms with Crippen LogP contribution in [0.25, 0.3) is 0 Å². The zero-order chi connectivity index (χ0) is 9.35. The van der Waals surface area contributed by atoms with E-state index < -0.39 is 12.0 Å². The first-order valence-corrected chi connectivity index (χ1v) is 3.09. The smallest absolute Gasteiger partial charge is 0.250 e. The lowest BCUT2D eigenvalue weighted by Gasteiger charge is -2.02. The lowest BCUT2D eigenvalue weighted by molar-refractivity contribution is -0.147. The van der Waals surface area contributed by atoms with Crippen molar-refractivity contribution in [3.05, 3.63) is 10.6 Å². The third-order valence-electron chi connectivity index (χ3n) is 1.05. The summed E-state index contributed by atoms with van der Waals surface area (Å²) >= 11 is 4.45. The molecule has 4 nitrogen and oxygen atoms in total. The van der Waals surface area contributed by atoms with Crippen molar-refractivity contribution in [1.82, 2.24) is 14.9 Å². The summed E-state index contributed by atoms with van der Waals surface area (Å²) in [6.45, 7) is 2.92. The largest absolute Gasteiger partial charge is 0.453 e. The number of nitrogens with one attached hydrogen (secondary N) is 1. The highest BCUT2D eigenvalue weighted by Gasteiger charge is 2.37. The fourth-order valence-corrected chi connectivity index (χ4v) is 0.796. The fourth-order valence-electron chi connectivity index (χ4n) is 0.606. The standard InChI is InChI=1S/C4H3F3N4S/c1-8-11-2(4(5,6)7)9-10-3(11)12/h1H2,(H,10,12). The molecule has 0 saturated heterocycles. The van der Waals surface area contributed by atoms with Crippen LogP contribution in [0.2, 0.25) is 0 Å². The summed E-state index contributed by atoms with van der Waals surface area (Å²) in [5.74, 6) is -1.21. The maximum atomic E-state index is 12.0. The van der Waals surface area contributed by atoms with Crippen molar-refractivity contribution in [3.8, 4) is 0 Å². The molecule has 0 aromatic carbocycles. The molecule has 0 spiro atoms. The number of hydrogen-bond acceptors (Lipinski definition) is 3. The van der Waals surface area contributed by atoms with Crippen LogP contribution in [-0.2, 0) is 6.18 Å². The van der Waals surface area contributed by atoms with Gasteiger partial charge in [0.25, 0.3) is 5.82 Å². The van der Waals surface area contributed by atoms with Gasteiger partial charge in [0, 0.05) is 6.72 Å². The average Bonchev–Trinajstić information content (AvgIpc) is 2.29. The van der Waals surface area contributed by atoms with Gasteiger partial charge in [-0.1, -0.05) is 0 Å². The lowest BCUT2D eigenvalue weighted by atomic mass is 10.6. The molecule has 1 heterocycles. The highest BCUT2D eigenvalue weighted by atomic mass is 32.1. The van der Waals surface area contributed by atoms with Gasteiger partial charge in [-0.05, 0) is 12.2 Å². The van der Waals surface area contributed by atoms with Crippen LogP contribution in [0.4, 0.5) is 13.2 Å². The third-order valence-corrected chi connectivity index (χ3v) is 1.31. The molecule has 0 fully saturated rings. The van der Waals surface area contributed by atoms with Crippen molar-refractivity contribution in [3.63, 3.8) is 0 Å².